The van der Waals surface area contributed by atoms with Gasteiger partial charge in [0, 0.05) is 23.7 Å². The number of aromatic nitrogens is 2. The first-order chi connectivity index (χ1) is 18.2. The largest absolute Gasteiger partial charge is 0.497 e. The lowest BCUT2D eigenvalue weighted by molar-refractivity contribution is 0.0952. The predicted octanol–water partition coefficient (Wildman–Crippen LogP) is 5.51. The van der Waals surface area contributed by atoms with Crippen LogP contribution >= 0.6 is 11.8 Å². The van der Waals surface area contributed by atoms with Crippen molar-refractivity contribution in [3.05, 3.63) is 93.3 Å². The van der Waals surface area contributed by atoms with Crippen molar-refractivity contribution in [2.45, 2.75) is 44.5 Å². The van der Waals surface area contributed by atoms with E-state index in [2.05, 4.69) is 5.32 Å². The molecule has 0 aliphatic carbocycles. The van der Waals surface area contributed by atoms with Gasteiger partial charge in [-0.05, 0) is 74.7 Å². The molecule has 1 amide bonds. The molecule has 0 radical (unpaired) electrons. The highest BCUT2D eigenvalue weighted by Gasteiger charge is 2.22. The predicted molar refractivity (Wildman–Crippen MR) is 152 cm³/mol. The summed E-state index contributed by atoms with van der Waals surface area (Å²) >= 11 is 1.21. The summed E-state index contributed by atoms with van der Waals surface area (Å²) in [6.45, 7) is 8.32. The van der Waals surface area contributed by atoms with E-state index in [-0.39, 0.29) is 17.2 Å². The summed E-state index contributed by atoms with van der Waals surface area (Å²) < 4.78 is 6.87. The number of benzene rings is 3. The summed E-state index contributed by atoms with van der Waals surface area (Å²) in [5.74, 6) is 0.310. The van der Waals surface area contributed by atoms with Gasteiger partial charge in [-0.25, -0.2) is 4.98 Å². The SMILES string of the molecule is CCCNC(=O)c1ccc2c(=O)n(-c3cccc(OC)c3)c(S[C@H](C)C(=O)c3ccc(C)c(C)c3)nc2c1. The molecule has 1 atom stereocenters. The van der Waals surface area contributed by atoms with Gasteiger partial charge in [-0.2, -0.15) is 0 Å². The lowest BCUT2D eigenvalue weighted by atomic mass is 10.0. The van der Waals surface area contributed by atoms with Crippen LogP contribution in [-0.4, -0.2) is 40.1 Å². The van der Waals surface area contributed by atoms with E-state index >= 15 is 0 Å². The van der Waals surface area contributed by atoms with Crippen LogP contribution < -0.4 is 15.6 Å². The molecule has 4 aromatic rings. The van der Waals surface area contributed by atoms with Crippen LogP contribution in [0.5, 0.6) is 5.75 Å². The molecule has 3 aromatic carbocycles. The number of hydrogen-bond donors (Lipinski definition) is 1. The molecule has 1 N–H and O–H groups in total. The fraction of sp³-hybridized carbons (Fsp3) is 0.267. The van der Waals surface area contributed by atoms with Gasteiger partial charge in [0.05, 0.1) is 29.0 Å². The van der Waals surface area contributed by atoms with Gasteiger partial charge in [-0.1, -0.05) is 36.9 Å². The van der Waals surface area contributed by atoms with Crippen LogP contribution in [0.25, 0.3) is 16.6 Å². The van der Waals surface area contributed by atoms with Crippen LogP contribution in [0.1, 0.15) is 52.1 Å². The number of amides is 1. The minimum Gasteiger partial charge on any atom is -0.497 e. The minimum absolute atomic E-state index is 0.0580. The Morgan fingerprint density at radius 2 is 1.79 bits per heavy atom. The van der Waals surface area contributed by atoms with Gasteiger partial charge < -0.3 is 10.1 Å². The number of nitrogens with zero attached hydrogens (tertiary/aromatic N) is 2. The summed E-state index contributed by atoms with van der Waals surface area (Å²) in [7, 11) is 1.56. The Bertz CT molecular complexity index is 1580. The number of carbonyl (C=O) groups excluding carboxylic acids is 2. The van der Waals surface area contributed by atoms with Crippen molar-refractivity contribution in [1.82, 2.24) is 14.9 Å². The molecule has 4 rings (SSSR count). The van der Waals surface area contributed by atoms with E-state index in [0.717, 1.165) is 17.5 Å². The topological polar surface area (TPSA) is 90.3 Å². The molecule has 0 spiro atoms. The molecule has 0 bridgehead atoms. The van der Waals surface area contributed by atoms with E-state index in [1.54, 1.807) is 49.6 Å². The van der Waals surface area contributed by atoms with Crippen LogP contribution in [0.2, 0.25) is 0 Å². The summed E-state index contributed by atoms with van der Waals surface area (Å²) in [4.78, 5) is 44.5. The number of rotatable bonds is 9. The zero-order valence-corrected chi connectivity index (χ0v) is 23.0. The highest BCUT2D eigenvalue weighted by atomic mass is 32.2. The Balaban J connectivity index is 1.83. The molecule has 0 saturated heterocycles. The molecule has 0 aliphatic rings. The van der Waals surface area contributed by atoms with E-state index in [0.29, 0.717) is 45.2 Å². The smallest absolute Gasteiger partial charge is 0.266 e. The molecule has 1 aromatic heterocycles. The van der Waals surface area contributed by atoms with Crippen molar-refractivity contribution >= 4 is 34.4 Å². The number of nitrogens with one attached hydrogen (secondary N) is 1. The van der Waals surface area contributed by atoms with Gasteiger partial charge >= 0.3 is 0 Å². The van der Waals surface area contributed by atoms with Crippen LogP contribution in [-0.2, 0) is 0 Å². The number of aryl methyl sites for hydroxylation is 2. The number of carbonyl (C=O) groups is 2. The van der Waals surface area contributed by atoms with Gasteiger partial charge in [0.15, 0.2) is 10.9 Å². The Labute approximate surface area is 226 Å². The van der Waals surface area contributed by atoms with Gasteiger partial charge in [0.1, 0.15) is 5.75 Å². The van der Waals surface area contributed by atoms with Gasteiger partial charge in [0.2, 0.25) is 0 Å². The first-order valence-electron chi connectivity index (χ1n) is 12.5. The molecular weight excluding hydrogens is 498 g/mol. The van der Waals surface area contributed by atoms with Crippen molar-refractivity contribution in [2.24, 2.45) is 0 Å². The van der Waals surface area contributed by atoms with Crippen LogP contribution in [0.4, 0.5) is 0 Å². The number of methoxy groups -OCH3 is 1. The van der Waals surface area contributed by atoms with E-state index in [9.17, 15) is 14.4 Å². The third kappa shape index (κ3) is 5.65. The Morgan fingerprint density at radius 1 is 1.03 bits per heavy atom. The van der Waals surface area contributed by atoms with Gasteiger partial charge in [0.25, 0.3) is 11.5 Å². The summed E-state index contributed by atoms with van der Waals surface area (Å²) in [5, 5.41) is 3.06. The van der Waals surface area contributed by atoms with Crippen LogP contribution in [0, 0.1) is 13.8 Å². The average Bonchev–Trinajstić information content (AvgIpc) is 2.92. The monoisotopic (exact) mass is 529 g/mol. The first-order valence-corrected chi connectivity index (χ1v) is 13.4. The molecule has 1 heterocycles. The fourth-order valence-corrected chi connectivity index (χ4v) is 5.05. The van der Waals surface area contributed by atoms with Crippen molar-refractivity contribution in [1.29, 1.82) is 0 Å². The third-order valence-corrected chi connectivity index (χ3v) is 7.44. The Hall–Kier alpha value is -3.91. The highest BCUT2D eigenvalue weighted by molar-refractivity contribution is 8.00. The van der Waals surface area contributed by atoms with Crippen molar-refractivity contribution in [2.75, 3.05) is 13.7 Å². The van der Waals surface area contributed by atoms with Crippen molar-refractivity contribution in [3.8, 4) is 11.4 Å². The second-order valence-corrected chi connectivity index (χ2v) is 10.5. The summed E-state index contributed by atoms with van der Waals surface area (Å²) in [5.41, 5.74) is 3.86. The molecule has 0 saturated carbocycles. The molecule has 196 valence electrons. The van der Waals surface area contributed by atoms with E-state index in [1.165, 1.54) is 16.3 Å². The van der Waals surface area contributed by atoms with Gasteiger partial charge in [-0.15, -0.1) is 0 Å². The second kappa shape index (κ2) is 11.6. The van der Waals surface area contributed by atoms with E-state index in [1.807, 2.05) is 45.9 Å². The number of ether oxygens (including phenoxy) is 1. The second-order valence-electron chi connectivity index (χ2n) is 9.15. The molecule has 38 heavy (non-hydrogen) atoms. The number of hydrogen-bond acceptors (Lipinski definition) is 6. The summed E-state index contributed by atoms with van der Waals surface area (Å²) in [6, 6.07) is 17.7. The molecule has 8 heteroatoms. The molecule has 0 fully saturated rings. The quantitative estimate of drug-likeness (QED) is 0.175. The molecular formula is C30H31N3O4S. The molecule has 0 aliphatic heterocycles. The lowest BCUT2D eigenvalue weighted by Crippen LogP contribution is -2.25. The molecule has 0 unspecified atom stereocenters. The maximum atomic E-state index is 13.8. The first kappa shape index (κ1) is 27.1. The fourth-order valence-electron chi connectivity index (χ4n) is 4.04. The lowest BCUT2D eigenvalue weighted by Gasteiger charge is -2.17. The minimum atomic E-state index is -0.519. The maximum Gasteiger partial charge on any atom is 0.266 e. The van der Waals surface area contributed by atoms with Crippen LogP contribution in [0.3, 0.4) is 0 Å². The number of Topliss-reactive ketones (excluding diaryl/α,β-unsaturated/α-hetero) is 1. The standard InChI is InChI=1S/C30H31N3O4S/c1-6-14-31-28(35)22-12-13-25-26(16-22)32-30(33(29(25)36)23-8-7-9-24(17-23)37-5)38-20(4)27(34)21-11-10-18(2)19(3)15-21/h7-13,15-17,20H,6,14H2,1-5H3,(H,31,35)/t20-/m1/s1. The summed E-state index contributed by atoms with van der Waals surface area (Å²) in [6.07, 6.45) is 0.816. The zero-order valence-electron chi connectivity index (χ0n) is 22.2. The Kier molecular flexibility index (Phi) is 8.32. The van der Waals surface area contributed by atoms with Crippen molar-refractivity contribution in [3.63, 3.8) is 0 Å². The van der Waals surface area contributed by atoms with Gasteiger partial charge in [-0.3, -0.25) is 19.0 Å². The zero-order chi connectivity index (χ0) is 27.4. The third-order valence-electron chi connectivity index (χ3n) is 6.39. The van der Waals surface area contributed by atoms with E-state index < -0.39 is 5.25 Å². The van der Waals surface area contributed by atoms with Crippen LogP contribution in [0.15, 0.2) is 70.6 Å². The van der Waals surface area contributed by atoms with Crippen molar-refractivity contribution < 1.29 is 14.3 Å². The number of ketones is 1. The van der Waals surface area contributed by atoms with E-state index in [4.69, 9.17) is 9.72 Å². The maximum absolute atomic E-state index is 13.8. The number of fused-ring (bicyclic) bond motifs is 1. The normalized spacial score (nSPS) is 11.8. The Morgan fingerprint density at radius 3 is 2.50 bits per heavy atom. The highest BCUT2D eigenvalue weighted by Crippen LogP contribution is 2.29. The molecule has 7 nitrogen and oxygen atoms in total. The average molecular weight is 530 g/mol. The number of thioether (sulfide) groups is 1.